The second-order valence-corrected chi connectivity index (χ2v) is 6.61. The number of hydrogen-bond donors (Lipinski definition) is 1. The first-order valence-corrected chi connectivity index (χ1v) is 8.21. The third-order valence-electron chi connectivity index (χ3n) is 4.09. The molecule has 21 heavy (non-hydrogen) atoms. The number of carbonyl (C=O) groups excluding carboxylic acids is 1. The van der Waals surface area contributed by atoms with Crippen LogP contribution in [0.4, 0.5) is 0 Å². The molecule has 1 heterocycles. The Hall–Kier alpha value is -0.770. The second-order valence-electron chi connectivity index (χ2n) is 5.77. The SMILES string of the molecule is C[C@H](NC(=O)CN1CCCC[C@H]1C)c1ccc(Cl)cc1Cl. The first kappa shape index (κ1) is 16.6. The van der Waals surface area contributed by atoms with Crippen LogP contribution in [0, 0.1) is 0 Å². The summed E-state index contributed by atoms with van der Waals surface area (Å²) in [5.74, 6) is 0.0438. The molecule has 2 atom stereocenters. The smallest absolute Gasteiger partial charge is 0.234 e. The number of rotatable bonds is 4. The van der Waals surface area contributed by atoms with Gasteiger partial charge in [-0.15, -0.1) is 0 Å². The minimum absolute atomic E-state index is 0.0438. The molecular weight excluding hydrogens is 307 g/mol. The van der Waals surface area contributed by atoms with E-state index in [-0.39, 0.29) is 11.9 Å². The lowest BCUT2D eigenvalue weighted by Crippen LogP contribution is -2.44. The van der Waals surface area contributed by atoms with E-state index >= 15 is 0 Å². The molecule has 1 aromatic carbocycles. The fourth-order valence-corrected chi connectivity index (χ4v) is 3.37. The summed E-state index contributed by atoms with van der Waals surface area (Å²) in [5, 5.41) is 4.20. The maximum atomic E-state index is 12.2. The van der Waals surface area contributed by atoms with Gasteiger partial charge in [0.2, 0.25) is 5.91 Å². The summed E-state index contributed by atoms with van der Waals surface area (Å²) in [5.41, 5.74) is 0.890. The molecule has 3 nitrogen and oxygen atoms in total. The molecule has 1 aliphatic heterocycles. The molecule has 0 aromatic heterocycles. The van der Waals surface area contributed by atoms with Crippen LogP contribution in [-0.2, 0) is 4.79 Å². The number of carbonyl (C=O) groups is 1. The summed E-state index contributed by atoms with van der Waals surface area (Å²) in [4.78, 5) is 14.4. The topological polar surface area (TPSA) is 32.3 Å². The number of piperidine rings is 1. The van der Waals surface area contributed by atoms with Gasteiger partial charge in [0.05, 0.1) is 12.6 Å². The van der Waals surface area contributed by atoms with Crippen LogP contribution in [0.5, 0.6) is 0 Å². The van der Waals surface area contributed by atoms with Crippen molar-refractivity contribution in [1.29, 1.82) is 0 Å². The van der Waals surface area contributed by atoms with E-state index in [1.807, 2.05) is 13.0 Å². The van der Waals surface area contributed by atoms with Gasteiger partial charge in [-0.25, -0.2) is 0 Å². The van der Waals surface area contributed by atoms with E-state index in [9.17, 15) is 4.79 Å². The van der Waals surface area contributed by atoms with Crippen molar-refractivity contribution in [2.75, 3.05) is 13.1 Å². The normalized spacial score (nSPS) is 21.0. The molecule has 1 aliphatic rings. The molecule has 0 spiro atoms. The van der Waals surface area contributed by atoms with E-state index in [2.05, 4.69) is 17.1 Å². The first-order valence-electron chi connectivity index (χ1n) is 7.45. The standard InChI is InChI=1S/C16H22Cl2N2O/c1-11-5-3-4-8-20(11)10-16(21)19-12(2)14-7-6-13(17)9-15(14)18/h6-7,9,11-12H,3-5,8,10H2,1-2H3,(H,19,21)/t11-,12+/m1/s1. The average molecular weight is 329 g/mol. The fourth-order valence-electron chi connectivity index (χ4n) is 2.79. The molecule has 1 amide bonds. The molecule has 116 valence electrons. The number of likely N-dealkylation sites (tertiary alicyclic amines) is 1. The molecule has 0 bridgehead atoms. The molecule has 5 heteroatoms. The van der Waals surface area contributed by atoms with Gasteiger partial charge in [0.15, 0.2) is 0 Å². The van der Waals surface area contributed by atoms with E-state index in [1.165, 1.54) is 19.3 Å². The molecule has 0 saturated carbocycles. The quantitative estimate of drug-likeness (QED) is 0.904. The Balaban J connectivity index is 1.92. The second kappa shape index (κ2) is 7.48. The van der Waals surface area contributed by atoms with Gasteiger partial charge in [-0.1, -0.05) is 35.7 Å². The van der Waals surface area contributed by atoms with Gasteiger partial charge in [0, 0.05) is 16.1 Å². The number of halogens is 2. The van der Waals surface area contributed by atoms with E-state index in [1.54, 1.807) is 12.1 Å². The monoisotopic (exact) mass is 328 g/mol. The van der Waals surface area contributed by atoms with Gasteiger partial charge in [-0.3, -0.25) is 9.69 Å². The fraction of sp³-hybridized carbons (Fsp3) is 0.562. The molecule has 2 rings (SSSR count). The highest BCUT2D eigenvalue weighted by Gasteiger charge is 2.21. The lowest BCUT2D eigenvalue weighted by Gasteiger charge is -2.33. The van der Waals surface area contributed by atoms with Gasteiger partial charge in [-0.05, 0) is 50.9 Å². The van der Waals surface area contributed by atoms with Crippen LogP contribution in [0.25, 0.3) is 0 Å². The van der Waals surface area contributed by atoms with Crippen LogP contribution in [0.15, 0.2) is 18.2 Å². The number of benzene rings is 1. The Morgan fingerprint density at radius 2 is 2.19 bits per heavy atom. The predicted octanol–water partition coefficient (Wildman–Crippen LogP) is 4.05. The third kappa shape index (κ3) is 4.60. The van der Waals surface area contributed by atoms with Gasteiger partial charge in [0.25, 0.3) is 0 Å². The van der Waals surface area contributed by atoms with Crippen molar-refractivity contribution in [2.45, 2.75) is 45.2 Å². The van der Waals surface area contributed by atoms with Gasteiger partial charge >= 0.3 is 0 Å². The highest BCUT2D eigenvalue weighted by molar-refractivity contribution is 6.35. The van der Waals surface area contributed by atoms with Crippen molar-refractivity contribution in [1.82, 2.24) is 10.2 Å². The minimum Gasteiger partial charge on any atom is -0.348 e. The Bertz CT molecular complexity index is 507. The highest BCUT2D eigenvalue weighted by atomic mass is 35.5. The van der Waals surface area contributed by atoms with Crippen LogP contribution in [0.2, 0.25) is 10.0 Å². The van der Waals surface area contributed by atoms with E-state index < -0.39 is 0 Å². The molecule has 0 radical (unpaired) electrons. The number of amides is 1. The molecule has 1 N–H and O–H groups in total. The number of nitrogens with zero attached hydrogens (tertiary/aromatic N) is 1. The first-order chi connectivity index (χ1) is 9.97. The predicted molar refractivity (Wildman–Crippen MR) is 87.9 cm³/mol. The van der Waals surface area contributed by atoms with E-state index in [0.717, 1.165) is 12.1 Å². The third-order valence-corrected chi connectivity index (χ3v) is 4.66. The summed E-state index contributed by atoms with van der Waals surface area (Å²) < 4.78 is 0. The highest BCUT2D eigenvalue weighted by Crippen LogP contribution is 2.26. The lowest BCUT2D eigenvalue weighted by molar-refractivity contribution is -0.123. The zero-order chi connectivity index (χ0) is 15.4. The zero-order valence-electron chi connectivity index (χ0n) is 12.5. The maximum absolute atomic E-state index is 12.2. The number of nitrogens with one attached hydrogen (secondary N) is 1. The summed E-state index contributed by atoms with van der Waals surface area (Å²) in [7, 11) is 0. The summed E-state index contributed by atoms with van der Waals surface area (Å²) in [6.45, 7) is 5.58. The average Bonchev–Trinajstić information content (AvgIpc) is 2.41. The minimum atomic E-state index is -0.123. The van der Waals surface area contributed by atoms with Crippen molar-refractivity contribution in [3.8, 4) is 0 Å². The van der Waals surface area contributed by atoms with Gasteiger partial charge in [0.1, 0.15) is 0 Å². The van der Waals surface area contributed by atoms with Gasteiger partial charge < -0.3 is 5.32 Å². The van der Waals surface area contributed by atoms with Crippen LogP contribution >= 0.6 is 23.2 Å². The van der Waals surface area contributed by atoms with Crippen molar-refractivity contribution in [2.24, 2.45) is 0 Å². The van der Waals surface area contributed by atoms with E-state index in [4.69, 9.17) is 23.2 Å². The van der Waals surface area contributed by atoms with Crippen molar-refractivity contribution in [3.63, 3.8) is 0 Å². The molecule has 0 aliphatic carbocycles. The van der Waals surface area contributed by atoms with E-state index in [0.29, 0.717) is 22.6 Å². The Morgan fingerprint density at radius 3 is 2.86 bits per heavy atom. The van der Waals surface area contributed by atoms with Crippen molar-refractivity contribution in [3.05, 3.63) is 33.8 Å². The van der Waals surface area contributed by atoms with Crippen LogP contribution < -0.4 is 5.32 Å². The molecule has 1 fully saturated rings. The molecule has 1 aromatic rings. The lowest BCUT2D eigenvalue weighted by atomic mass is 10.0. The largest absolute Gasteiger partial charge is 0.348 e. The van der Waals surface area contributed by atoms with Crippen molar-refractivity contribution >= 4 is 29.1 Å². The number of hydrogen-bond acceptors (Lipinski definition) is 2. The summed E-state index contributed by atoms with van der Waals surface area (Å²) in [6, 6.07) is 5.71. The Morgan fingerprint density at radius 1 is 1.43 bits per heavy atom. The van der Waals surface area contributed by atoms with Gasteiger partial charge in [-0.2, -0.15) is 0 Å². The maximum Gasteiger partial charge on any atom is 0.234 e. The van der Waals surface area contributed by atoms with Crippen LogP contribution in [0.1, 0.15) is 44.7 Å². The zero-order valence-corrected chi connectivity index (χ0v) is 14.0. The van der Waals surface area contributed by atoms with Crippen molar-refractivity contribution < 1.29 is 4.79 Å². The summed E-state index contributed by atoms with van der Waals surface area (Å²) >= 11 is 12.1. The Labute approximate surface area is 136 Å². The van der Waals surface area contributed by atoms with Crippen LogP contribution in [0.3, 0.4) is 0 Å². The Kier molecular flexibility index (Phi) is 5.91. The molecule has 0 unspecified atom stereocenters. The molecule has 1 saturated heterocycles. The van der Waals surface area contributed by atoms with Crippen LogP contribution in [-0.4, -0.2) is 29.9 Å². The molecular formula is C16H22Cl2N2O. The summed E-state index contributed by atoms with van der Waals surface area (Å²) in [6.07, 6.45) is 3.61.